The highest BCUT2D eigenvalue weighted by Gasteiger charge is 2.24. The molecule has 2 unspecified atom stereocenters. The minimum Gasteiger partial charge on any atom is -0.329 e. The van der Waals surface area contributed by atoms with Crippen LogP contribution in [0.5, 0.6) is 0 Å². The predicted molar refractivity (Wildman–Crippen MR) is 77.6 cm³/mol. The minimum absolute atomic E-state index is 0.556. The predicted octanol–water partition coefficient (Wildman–Crippen LogP) is 2.82. The molecule has 2 nitrogen and oxygen atoms in total. The van der Waals surface area contributed by atoms with Gasteiger partial charge in [0.2, 0.25) is 0 Å². The summed E-state index contributed by atoms with van der Waals surface area (Å²) in [5.41, 5.74) is 7.42. The maximum atomic E-state index is 5.99. The molecule has 0 aliphatic carbocycles. The van der Waals surface area contributed by atoms with Gasteiger partial charge in [0.05, 0.1) is 0 Å². The summed E-state index contributed by atoms with van der Waals surface area (Å²) >= 11 is 0. The second kappa shape index (κ2) is 6.91. The van der Waals surface area contributed by atoms with Crippen LogP contribution in [0.1, 0.15) is 38.2 Å². The molecule has 0 amide bonds. The molecular formula is C16H26N2. The fourth-order valence-corrected chi connectivity index (χ4v) is 3.06. The van der Waals surface area contributed by atoms with Gasteiger partial charge in [-0.05, 0) is 44.7 Å². The number of hydrogen-bond acceptors (Lipinski definition) is 2. The van der Waals surface area contributed by atoms with Gasteiger partial charge in [0, 0.05) is 18.6 Å². The molecule has 1 aromatic carbocycles. The van der Waals surface area contributed by atoms with Crippen LogP contribution in [0, 0.1) is 0 Å². The molecule has 1 saturated heterocycles. The lowest BCUT2D eigenvalue weighted by Crippen LogP contribution is -2.48. The standard InChI is InChI=1S/C16H26N2/c1-14-7-5-6-12-18(14)16(13-17)11-10-15-8-3-2-4-9-15/h2-4,8-9,14,16H,5-7,10-13,17H2,1H3. The van der Waals surface area contributed by atoms with Gasteiger partial charge in [-0.25, -0.2) is 0 Å². The highest BCUT2D eigenvalue weighted by atomic mass is 15.2. The summed E-state index contributed by atoms with van der Waals surface area (Å²) in [6.45, 7) is 4.37. The third-order valence-corrected chi connectivity index (χ3v) is 4.20. The van der Waals surface area contributed by atoms with E-state index < -0.39 is 0 Å². The van der Waals surface area contributed by atoms with Crippen molar-refractivity contribution in [3.05, 3.63) is 35.9 Å². The minimum atomic E-state index is 0.556. The van der Waals surface area contributed by atoms with Crippen LogP contribution in [-0.4, -0.2) is 30.1 Å². The van der Waals surface area contributed by atoms with E-state index in [0.717, 1.165) is 13.0 Å². The van der Waals surface area contributed by atoms with Gasteiger partial charge >= 0.3 is 0 Å². The summed E-state index contributed by atoms with van der Waals surface area (Å²) in [7, 11) is 0. The zero-order valence-corrected chi connectivity index (χ0v) is 11.5. The van der Waals surface area contributed by atoms with Gasteiger partial charge in [0.1, 0.15) is 0 Å². The number of piperidine rings is 1. The average molecular weight is 246 g/mol. The second-order valence-corrected chi connectivity index (χ2v) is 5.50. The number of nitrogens with zero attached hydrogens (tertiary/aromatic N) is 1. The molecule has 18 heavy (non-hydrogen) atoms. The molecule has 2 atom stereocenters. The van der Waals surface area contributed by atoms with Crippen LogP contribution in [0.15, 0.2) is 30.3 Å². The number of rotatable bonds is 5. The highest BCUT2D eigenvalue weighted by Crippen LogP contribution is 2.21. The molecule has 1 aliphatic rings. The van der Waals surface area contributed by atoms with Gasteiger partial charge in [0.25, 0.3) is 0 Å². The van der Waals surface area contributed by atoms with Crippen molar-refractivity contribution in [3.8, 4) is 0 Å². The highest BCUT2D eigenvalue weighted by molar-refractivity contribution is 5.14. The molecule has 2 rings (SSSR count). The van der Waals surface area contributed by atoms with Gasteiger partial charge in [0.15, 0.2) is 0 Å². The largest absolute Gasteiger partial charge is 0.329 e. The quantitative estimate of drug-likeness (QED) is 0.865. The van der Waals surface area contributed by atoms with Crippen molar-refractivity contribution >= 4 is 0 Å². The first kappa shape index (κ1) is 13.6. The summed E-state index contributed by atoms with van der Waals surface area (Å²) in [6.07, 6.45) is 6.39. The van der Waals surface area contributed by atoms with Crippen LogP contribution in [0.3, 0.4) is 0 Å². The lowest BCUT2D eigenvalue weighted by molar-refractivity contribution is 0.104. The van der Waals surface area contributed by atoms with Gasteiger partial charge in [-0.1, -0.05) is 36.8 Å². The van der Waals surface area contributed by atoms with Crippen LogP contribution in [0.2, 0.25) is 0 Å². The Balaban J connectivity index is 1.88. The van der Waals surface area contributed by atoms with Crippen molar-refractivity contribution < 1.29 is 0 Å². The van der Waals surface area contributed by atoms with E-state index in [1.54, 1.807) is 0 Å². The summed E-state index contributed by atoms with van der Waals surface area (Å²) in [4.78, 5) is 2.63. The molecule has 100 valence electrons. The third-order valence-electron chi connectivity index (χ3n) is 4.20. The zero-order valence-electron chi connectivity index (χ0n) is 11.5. The van der Waals surface area contributed by atoms with Crippen LogP contribution in [-0.2, 0) is 6.42 Å². The van der Waals surface area contributed by atoms with Crippen molar-refractivity contribution in [1.29, 1.82) is 0 Å². The topological polar surface area (TPSA) is 29.3 Å². The molecule has 1 aliphatic heterocycles. The van der Waals surface area contributed by atoms with E-state index in [0.29, 0.717) is 12.1 Å². The number of likely N-dealkylation sites (tertiary alicyclic amines) is 1. The Kier molecular flexibility index (Phi) is 5.21. The van der Waals surface area contributed by atoms with E-state index in [-0.39, 0.29) is 0 Å². The molecule has 2 N–H and O–H groups in total. The molecule has 1 aromatic rings. The third kappa shape index (κ3) is 3.56. The Morgan fingerprint density at radius 3 is 2.72 bits per heavy atom. The Bertz CT molecular complexity index is 336. The fraction of sp³-hybridized carbons (Fsp3) is 0.625. The second-order valence-electron chi connectivity index (χ2n) is 5.50. The summed E-state index contributed by atoms with van der Waals surface area (Å²) in [6, 6.07) is 12.0. The van der Waals surface area contributed by atoms with Crippen molar-refractivity contribution in [2.45, 2.75) is 51.1 Å². The van der Waals surface area contributed by atoms with Crippen molar-refractivity contribution in [3.63, 3.8) is 0 Å². The normalized spacial score (nSPS) is 22.9. The molecule has 0 spiro atoms. The first-order valence-electron chi connectivity index (χ1n) is 7.31. The van der Waals surface area contributed by atoms with Crippen LogP contribution in [0.25, 0.3) is 0 Å². The van der Waals surface area contributed by atoms with Crippen LogP contribution < -0.4 is 5.73 Å². The van der Waals surface area contributed by atoms with Crippen molar-refractivity contribution in [2.75, 3.05) is 13.1 Å². The smallest absolute Gasteiger partial charge is 0.0224 e. The van der Waals surface area contributed by atoms with Gasteiger partial charge in [-0.15, -0.1) is 0 Å². The Morgan fingerprint density at radius 2 is 2.06 bits per heavy atom. The first-order valence-corrected chi connectivity index (χ1v) is 7.31. The van der Waals surface area contributed by atoms with Crippen molar-refractivity contribution in [2.24, 2.45) is 5.73 Å². The summed E-state index contributed by atoms with van der Waals surface area (Å²) < 4.78 is 0. The Morgan fingerprint density at radius 1 is 1.28 bits per heavy atom. The van der Waals surface area contributed by atoms with E-state index in [4.69, 9.17) is 5.73 Å². The van der Waals surface area contributed by atoms with Gasteiger partial charge in [-0.2, -0.15) is 0 Å². The lowest BCUT2D eigenvalue weighted by atomic mass is 9.97. The summed E-state index contributed by atoms with van der Waals surface area (Å²) in [5, 5.41) is 0. The monoisotopic (exact) mass is 246 g/mol. The zero-order chi connectivity index (χ0) is 12.8. The van der Waals surface area contributed by atoms with E-state index in [9.17, 15) is 0 Å². The molecule has 1 fully saturated rings. The molecular weight excluding hydrogens is 220 g/mol. The summed E-state index contributed by atoms with van der Waals surface area (Å²) in [5.74, 6) is 0. The maximum Gasteiger partial charge on any atom is 0.0224 e. The van der Waals surface area contributed by atoms with E-state index in [1.165, 1.54) is 37.8 Å². The molecule has 1 heterocycles. The van der Waals surface area contributed by atoms with Gasteiger partial charge in [-0.3, -0.25) is 4.90 Å². The van der Waals surface area contributed by atoms with Crippen LogP contribution in [0.4, 0.5) is 0 Å². The molecule has 0 saturated carbocycles. The molecule has 2 heteroatoms. The lowest BCUT2D eigenvalue weighted by Gasteiger charge is -2.39. The number of nitrogens with two attached hydrogens (primary N) is 1. The molecule has 0 aromatic heterocycles. The number of benzene rings is 1. The van der Waals surface area contributed by atoms with Crippen LogP contribution >= 0.6 is 0 Å². The average Bonchev–Trinajstić information content (AvgIpc) is 2.42. The van der Waals surface area contributed by atoms with E-state index in [1.807, 2.05) is 0 Å². The van der Waals surface area contributed by atoms with E-state index >= 15 is 0 Å². The fourth-order valence-electron chi connectivity index (χ4n) is 3.06. The SMILES string of the molecule is CC1CCCCN1C(CN)CCc1ccccc1. The number of aryl methyl sites for hydroxylation is 1. The maximum absolute atomic E-state index is 5.99. The van der Waals surface area contributed by atoms with E-state index in [2.05, 4.69) is 42.2 Å². The Labute approximate surface area is 111 Å². The Hall–Kier alpha value is -0.860. The van der Waals surface area contributed by atoms with Crippen molar-refractivity contribution in [1.82, 2.24) is 4.90 Å². The number of hydrogen-bond donors (Lipinski definition) is 1. The first-order chi connectivity index (χ1) is 8.81. The molecule has 0 radical (unpaired) electrons. The van der Waals surface area contributed by atoms with Gasteiger partial charge < -0.3 is 5.73 Å². The molecule has 0 bridgehead atoms.